The minimum atomic E-state index is -1.35. The molecule has 1 spiro atoms. The molecule has 5 nitrogen and oxygen atoms in total. The third-order valence-electron chi connectivity index (χ3n) is 4.58. The number of anilines is 1. The van der Waals surface area contributed by atoms with E-state index in [1.807, 2.05) is 42.5 Å². The van der Waals surface area contributed by atoms with Gasteiger partial charge in [-0.05, 0) is 31.0 Å². The van der Waals surface area contributed by atoms with Crippen LogP contribution in [0.5, 0.6) is 5.75 Å². The van der Waals surface area contributed by atoms with E-state index in [1.165, 1.54) is 0 Å². The SMILES string of the molecule is O=C1N(CCCOc2ccccc2)c2c(Cl)cccc2C12OCCCO2. The fourth-order valence-electron chi connectivity index (χ4n) is 3.40. The molecule has 2 heterocycles. The van der Waals surface area contributed by atoms with Gasteiger partial charge in [0.1, 0.15) is 5.75 Å². The van der Waals surface area contributed by atoms with Crippen LogP contribution in [0.15, 0.2) is 48.5 Å². The number of fused-ring (bicyclic) bond motifs is 2. The predicted molar refractivity (Wildman–Crippen MR) is 98.6 cm³/mol. The highest BCUT2D eigenvalue weighted by atomic mass is 35.5. The fourth-order valence-corrected chi connectivity index (χ4v) is 3.68. The van der Waals surface area contributed by atoms with Gasteiger partial charge in [0.15, 0.2) is 0 Å². The lowest BCUT2D eigenvalue weighted by Crippen LogP contribution is -2.47. The molecule has 0 N–H and O–H groups in total. The third kappa shape index (κ3) is 2.96. The number of rotatable bonds is 5. The monoisotopic (exact) mass is 373 g/mol. The molecule has 2 aromatic carbocycles. The van der Waals surface area contributed by atoms with Crippen LogP contribution >= 0.6 is 11.6 Å². The molecule has 2 aromatic rings. The van der Waals surface area contributed by atoms with Gasteiger partial charge < -0.3 is 19.1 Å². The third-order valence-corrected chi connectivity index (χ3v) is 4.88. The van der Waals surface area contributed by atoms with Crippen molar-refractivity contribution in [3.63, 3.8) is 0 Å². The second-order valence-electron chi connectivity index (χ2n) is 6.27. The van der Waals surface area contributed by atoms with Gasteiger partial charge >= 0.3 is 0 Å². The number of benzene rings is 2. The molecule has 0 unspecified atom stereocenters. The van der Waals surface area contributed by atoms with Crippen molar-refractivity contribution in [3.05, 3.63) is 59.1 Å². The quantitative estimate of drug-likeness (QED) is 0.749. The lowest BCUT2D eigenvalue weighted by Gasteiger charge is -2.32. The standard InChI is InChI=1S/C20H20ClNO4/c21-17-10-4-9-16-18(17)22(19(23)20(16)25-13-6-14-26-20)11-5-12-24-15-7-2-1-3-8-15/h1-4,7-10H,5-6,11-14H2. The number of hydrogen-bond donors (Lipinski definition) is 0. The molecule has 6 heteroatoms. The Kier molecular flexibility index (Phi) is 4.85. The summed E-state index contributed by atoms with van der Waals surface area (Å²) in [5, 5.41) is 0.523. The van der Waals surface area contributed by atoms with E-state index in [0.717, 1.165) is 12.2 Å². The van der Waals surface area contributed by atoms with Crippen LogP contribution < -0.4 is 9.64 Å². The van der Waals surface area contributed by atoms with Gasteiger partial charge in [0.2, 0.25) is 0 Å². The number of ether oxygens (including phenoxy) is 3. The van der Waals surface area contributed by atoms with Gasteiger partial charge in [0.05, 0.1) is 30.5 Å². The van der Waals surface area contributed by atoms with E-state index in [0.29, 0.717) is 49.1 Å². The highest BCUT2D eigenvalue weighted by molar-refractivity contribution is 6.35. The first-order chi connectivity index (χ1) is 12.7. The van der Waals surface area contributed by atoms with Crippen molar-refractivity contribution in [1.82, 2.24) is 0 Å². The van der Waals surface area contributed by atoms with E-state index in [-0.39, 0.29) is 5.91 Å². The fraction of sp³-hybridized carbons (Fsp3) is 0.350. The normalized spacial score (nSPS) is 18.2. The van der Waals surface area contributed by atoms with Crippen molar-refractivity contribution in [1.29, 1.82) is 0 Å². The Hall–Kier alpha value is -2.08. The molecule has 0 radical (unpaired) electrons. The molecule has 26 heavy (non-hydrogen) atoms. The minimum Gasteiger partial charge on any atom is -0.494 e. The highest BCUT2D eigenvalue weighted by Gasteiger charge is 2.55. The lowest BCUT2D eigenvalue weighted by atomic mass is 10.1. The summed E-state index contributed by atoms with van der Waals surface area (Å²) in [7, 11) is 0. The molecule has 136 valence electrons. The summed E-state index contributed by atoms with van der Waals surface area (Å²) >= 11 is 6.40. The zero-order chi connectivity index (χ0) is 18.0. The minimum absolute atomic E-state index is 0.208. The van der Waals surface area contributed by atoms with Crippen LogP contribution in [-0.4, -0.2) is 32.3 Å². The summed E-state index contributed by atoms with van der Waals surface area (Å²) in [6.07, 6.45) is 1.44. The van der Waals surface area contributed by atoms with E-state index < -0.39 is 5.79 Å². The summed E-state index contributed by atoms with van der Waals surface area (Å²) in [6.45, 7) is 1.96. The molecule has 4 rings (SSSR count). The number of amides is 1. The molecule has 1 amide bonds. The Morgan fingerprint density at radius 2 is 1.85 bits per heavy atom. The molecule has 2 aliphatic rings. The van der Waals surface area contributed by atoms with E-state index in [4.69, 9.17) is 25.8 Å². The number of carbonyl (C=O) groups excluding carboxylic acids is 1. The maximum atomic E-state index is 13.1. The predicted octanol–water partition coefficient (Wildman–Crippen LogP) is 3.75. The van der Waals surface area contributed by atoms with Crippen LogP contribution in [0, 0.1) is 0 Å². The molecule has 1 saturated heterocycles. The van der Waals surface area contributed by atoms with Gasteiger partial charge in [-0.25, -0.2) is 0 Å². The highest BCUT2D eigenvalue weighted by Crippen LogP contribution is 2.48. The number of para-hydroxylation sites is 2. The number of halogens is 1. The second kappa shape index (κ2) is 7.27. The Labute approximate surface area is 157 Å². The molecule has 2 aliphatic heterocycles. The van der Waals surface area contributed by atoms with Crippen LogP contribution in [0.4, 0.5) is 5.69 Å². The Balaban J connectivity index is 1.50. The van der Waals surface area contributed by atoms with Gasteiger partial charge in [-0.15, -0.1) is 0 Å². The van der Waals surface area contributed by atoms with E-state index in [9.17, 15) is 4.79 Å². The van der Waals surface area contributed by atoms with Crippen LogP contribution in [-0.2, 0) is 20.1 Å². The van der Waals surface area contributed by atoms with Crippen molar-refractivity contribution in [2.24, 2.45) is 0 Å². The smallest absolute Gasteiger partial charge is 0.292 e. The van der Waals surface area contributed by atoms with E-state index in [2.05, 4.69) is 0 Å². The first-order valence-electron chi connectivity index (χ1n) is 8.79. The van der Waals surface area contributed by atoms with Crippen molar-refractivity contribution in [3.8, 4) is 5.75 Å². The van der Waals surface area contributed by atoms with Crippen molar-refractivity contribution in [2.75, 3.05) is 31.3 Å². The molecule has 0 atom stereocenters. The molecule has 0 aromatic heterocycles. The Morgan fingerprint density at radius 1 is 1.08 bits per heavy atom. The van der Waals surface area contributed by atoms with Gasteiger partial charge in [0.25, 0.3) is 11.7 Å². The van der Waals surface area contributed by atoms with Crippen molar-refractivity contribution >= 4 is 23.2 Å². The first kappa shape index (κ1) is 17.3. The van der Waals surface area contributed by atoms with Gasteiger partial charge in [-0.3, -0.25) is 4.79 Å². The maximum Gasteiger partial charge on any atom is 0.292 e. The van der Waals surface area contributed by atoms with E-state index >= 15 is 0 Å². The number of hydrogen-bond acceptors (Lipinski definition) is 4. The van der Waals surface area contributed by atoms with Crippen molar-refractivity contribution in [2.45, 2.75) is 18.6 Å². The largest absolute Gasteiger partial charge is 0.494 e. The molecule has 0 aliphatic carbocycles. The van der Waals surface area contributed by atoms with Crippen LogP contribution in [0.25, 0.3) is 0 Å². The maximum absolute atomic E-state index is 13.1. The Bertz CT molecular complexity index is 790. The Morgan fingerprint density at radius 3 is 2.62 bits per heavy atom. The summed E-state index contributed by atoms with van der Waals surface area (Å²) < 4.78 is 17.4. The zero-order valence-corrected chi connectivity index (χ0v) is 15.1. The molecule has 1 fully saturated rings. The average Bonchev–Trinajstić information content (AvgIpc) is 2.90. The molecule has 0 bridgehead atoms. The van der Waals surface area contributed by atoms with Gasteiger partial charge in [0, 0.05) is 12.1 Å². The van der Waals surface area contributed by atoms with Crippen LogP contribution in [0.1, 0.15) is 18.4 Å². The average molecular weight is 374 g/mol. The summed E-state index contributed by atoms with van der Waals surface area (Å²) in [5.41, 5.74) is 1.37. The second-order valence-corrected chi connectivity index (χ2v) is 6.68. The number of carbonyl (C=O) groups is 1. The number of nitrogens with zero attached hydrogens (tertiary/aromatic N) is 1. The molecular formula is C20H20ClNO4. The summed E-state index contributed by atoms with van der Waals surface area (Å²) in [4.78, 5) is 14.8. The van der Waals surface area contributed by atoms with Crippen LogP contribution in [0.3, 0.4) is 0 Å². The van der Waals surface area contributed by atoms with Crippen molar-refractivity contribution < 1.29 is 19.0 Å². The topological polar surface area (TPSA) is 48.0 Å². The molecular weight excluding hydrogens is 354 g/mol. The van der Waals surface area contributed by atoms with Gasteiger partial charge in [-0.1, -0.05) is 41.9 Å². The summed E-state index contributed by atoms with van der Waals surface area (Å²) in [5.74, 6) is -0.743. The first-order valence-corrected chi connectivity index (χ1v) is 9.17. The zero-order valence-electron chi connectivity index (χ0n) is 14.3. The van der Waals surface area contributed by atoms with Gasteiger partial charge in [-0.2, -0.15) is 0 Å². The molecule has 0 saturated carbocycles. The summed E-state index contributed by atoms with van der Waals surface area (Å²) in [6, 6.07) is 15.1. The van der Waals surface area contributed by atoms with E-state index in [1.54, 1.807) is 11.0 Å². The van der Waals surface area contributed by atoms with Crippen LogP contribution in [0.2, 0.25) is 5.02 Å². The lowest BCUT2D eigenvalue weighted by molar-refractivity contribution is -0.256.